The molecule has 0 radical (unpaired) electrons. The van der Waals surface area contributed by atoms with Gasteiger partial charge in [0.2, 0.25) is 11.8 Å². The maximum Gasteiger partial charge on any atom is 0.324 e. The third kappa shape index (κ3) is 6.45. The van der Waals surface area contributed by atoms with Crippen LogP contribution in [-0.4, -0.2) is 53.8 Å². The van der Waals surface area contributed by atoms with Crippen LogP contribution in [0.1, 0.15) is 47.0 Å². The molecule has 22 heavy (non-hydrogen) atoms. The summed E-state index contributed by atoms with van der Waals surface area (Å²) in [6.45, 7) is 10.3. The van der Waals surface area contributed by atoms with Gasteiger partial charge in [0.25, 0.3) is 0 Å². The van der Waals surface area contributed by atoms with Gasteiger partial charge in [0.15, 0.2) is 0 Å². The summed E-state index contributed by atoms with van der Waals surface area (Å²) in [7, 11) is 0. The largest absolute Gasteiger partial charge is 0.341 e. The molecule has 126 valence electrons. The van der Waals surface area contributed by atoms with Gasteiger partial charge >= 0.3 is 6.03 Å². The molecule has 1 aliphatic heterocycles. The lowest BCUT2D eigenvalue weighted by atomic mass is 10.1. The molecule has 0 atom stereocenters. The molecular formula is C16H29N3O3. The first-order valence-corrected chi connectivity index (χ1v) is 8.16. The molecule has 1 rings (SSSR count). The van der Waals surface area contributed by atoms with Crippen molar-refractivity contribution in [2.45, 2.75) is 47.0 Å². The molecule has 1 saturated heterocycles. The van der Waals surface area contributed by atoms with Crippen molar-refractivity contribution in [3.63, 3.8) is 0 Å². The lowest BCUT2D eigenvalue weighted by Gasteiger charge is -2.30. The summed E-state index contributed by atoms with van der Waals surface area (Å²) in [6, 6.07) is -0.461. The van der Waals surface area contributed by atoms with E-state index in [1.807, 2.05) is 4.90 Å². The van der Waals surface area contributed by atoms with Crippen molar-refractivity contribution in [2.24, 2.45) is 11.8 Å². The molecule has 1 fully saturated rings. The van der Waals surface area contributed by atoms with Crippen molar-refractivity contribution < 1.29 is 14.4 Å². The Morgan fingerprint density at radius 1 is 1.14 bits per heavy atom. The second-order valence-electron chi connectivity index (χ2n) is 6.77. The molecule has 0 aliphatic carbocycles. The number of urea groups is 1. The summed E-state index contributed by atoms with van der Waals surface area (Å²) in [5.74, 6) is 0.756. The molecule has 0 aromatic heterocycles. The highest BCUT2D eigenvalue weighted by molar-refractivity contribution is 5.98. The van der Waals surface area contributed by atoms with E-state index in [1.165, 1.54) is 4.90 Å². The Kier molecular flexibility index (Phi) is 7.35. The van der Waals surface area contributed by atoms with Gasteiger partial charge in [-0.3, -0.25) is 14.9 Å². The minimum Gasteiger partial charge on any atom is -0.341 e. The Bertz CT molecular complexity index is 395. The molecule has 1 N–H and O–H groups in total. The lowest BCUT2D eigenvalue weighted by Crippen LogP contribution is -2.53. The number of nitrogens with one attached hydrogen (secondary N) is 1. The Hall–Kier alpha value is -1.59. The number of nitrogens with zero attached hydrogens (tertiary/aromatic N) is 2. The molecule has 0 bridgehead atoms. The Morgan fingerprint density at radius 3 is 2.14 bits per heavy atom. The Balaban J connectivity index is 2.57. The van der Waals surface area contributed by atoms with E-state index >= 15 is 0 Å². The fourth-order valence-electron chi connectivity index (χ4n) is 2.20. The van der Waals surface area contributed by atoms with Crippen LogP contribution in [0, 0.1) is 11.8 Å². The van der Waals surface area contributed by atoms with Crippen molar-refractivity contribution in [1.82, 2.24) is 15.1 Å². The van der Waals surface area contributed by atoms with Gasteiger partial charge in [0.1, 0.15) is 6.54 Å². The summed E-state index contributed by atoms with van der Waals surface area (Å²) in [6.07, 6.45) is 2.17. The van der Waals surface area contributed by atoms with E-state index in [0.29, 0.717) is 18.4 Å². The summed E-state index contributed by atoms with van der Waals surface area (Å²) in [4.78, 5) is 38.6. The number of carbonyl (C=O) groups is 3. The third-order valence-corrected chi connectivity index (χ3v) is 3.77. The van der Waals surface area contributed by atoms with E-state index in [0.717, 1.165) is 25.9 Å². The number of carbonyl (C=O) groups excluding carboxylic acids is 3. The van der Waals surface area contributed by atoms with Gasteiger partial charge in [-0.2, -0.15) is 0 Å². The number of hydrogen-bond acceptors (Lipinski definition) is 3. The first-order chi connectivity index (χ1) is 10.3. The zero-order valence-corrected chi connectivity index (χ0v) is 14.2. The molecule has 6 nitrogen and oxygen atoms in total. The summed E-state index contributed by atoms with van der Waals surface area (Å²) >= 11 is 0. The Morgan fingerprint density at radius 2 is 1.68 bits per heavy atom. The highest BCUT2D eigenvalue weighted by Crippen LogP contribution is 2.09. The van der Waals surface area contributed by atoms with E-state index in [9.17, 15) is 14.4 Å². The van der Waals surface area contributed by atoms with E-state index in [2.05, 4.69) is 33.0 Å². The highest BCUT2D eigenvalue weighted by atomic mass is 16.2. The second-order valence-corrected chi connectivity index (χ2v) is 6.77. The smallest absolute Gasteiger partial charge is 0.324 e. The minimum absolute atomic E-state index is 0.0363. The molecule has 1 heterocycles. The molecule has 0 aromatic rings. The lowest BCUT2D eigenvalue weighted by molar-refractivity contribution is -0.133. The molecule has 0 spiro atoms. The quantitative estimate of drug-likeness (QED) is 0.744. The monoisotopic (exact) mass is 311 g/mol. The number of imide groups is 1. The molecule has 0 saturated carbocycles. The SMILES string of the molecule is CC(C)CCN(CCC(C)C)C(=O)CN1CCC(=O)NC1=O. The first kappa shape index (κ1) is 18.5. The van der Waals surface area contributed by atoms with Crippen molar-refractivity contribution in [3.05, 3.63) is 0 Å². The van der Waals surface area contributed by atoms with Crippen LogP contribution in [0.15, 0.2) is 0 Å². The molecule has 6 heteroatoms. The normalized spacial score (nSPS) is 15.5. The van der Waals surface area contributed by atoms with Crippen LogP contribution in [0.25, 0.3) is 0 Å². The van der Waals surface area contributed by atoms with Crippen molar-refractivity contribution in [3.8, 4) is 0 Å². The highest BCUT2D eigenvalue weighted by Gasteiger charge is 2.26. The average molecular weight is 311 g/mol. The Labute approximate surface area is 133 Å². The maximum absolute atomic E-state index is 12.5. The van der Waals surface area contributed by atoms with Crippen LogP contribution in [0.2, 0.25) is 0 Å². The number of amides is 4. The molecular weight excluding hydrogens is 282 g/mol. The zero-order valence-electron chi connectivity index (χ0n) is 14.2. The van der Waals surface area contributed by atoms with Crippen molar-refractivity contribution in [1.29, 1.82) is 0 Å². The fraction of sp³-hybridized carbons (Fsp3) is 0.812. The van der Waals surface area contributed by atoms with Gasteiger partial charge < -0.3 is 9.80 Å². The molecule has 0 unspecified atom stereocenters. The molecule has 0 aromatic carbocycles. The number of rotatable bonds is 8. The fourth-order valence-corrected chi connectivity index (χ4v) is 2.20. The van der Waals surface area contributed by atoms with Gasteiger partial charge in [-0.25, -0.2) is 4.79 Å². The van der Waals surface area contributed by atoms with Crippen molar-refractivity contribution in [2.75, 3.05) is 26.2 Å². The molecule has 4 amide bonds. The van der Waals surface area contributed by atoms with Crippen LogP contribution >= 0.6 is 0 Å². The second kappa shape index (κ2) is 8.76. The van der Waals surface area contributed by atoms with Gasteiger partial charge in [-0.15, -0.1) is 0 Å². The molecule has 1 aliphatic rings. The predicted octanol–water partition coefficient (Wildman–Crippen LogP) is 1.85. The van der Waals surface area contributed by atoms with Crippen LogP contribution in [0.3, 0.4) is 0 Å². The van der Waals surface area contributed by atoms with Gasteiger partial charge in [0, 0.05) is 26.1 Å². The zero-order chi connectivity index (χ0) is 16.7. The van der Waals surface area contributed by atoms with E-state index in [4.69, 9.17) is 0 Å². The average Bonchev–Trinajstić information content (AvgIpc) is 2.41. The number of hydrogen-bond donors (Lipinski definition) is 1. The van der Waals surface area contributed by atoms with E-state index in [-0.39, 0.29) is 24.8 Å². The third-order valence-electron chi connectivity index (χ3n) is 3.77. The van der Waals surface area contributed by atoms with Crippen molar-refractivity contribution >= 4 is 17.8 Å². The topological polar surface area (TPSA) is 69.7 Å². The standard InChI is InChI=1S/C16H29N3O3/c1-12(2)5-8-18(9-6-13(3)4)15(21)11-19-10-7-14(20)17-16(19)22/h12-13H,5-11H2,1-4H3,(H,17,20,22). The van der Waals surface area contributed by atoms with E-state index < -0.39 is 6.03 Å². The first-order valence-electron chi connectivity index (χ1n) is 8.16. The maximum atomic E-state index is 12.5. The summed E-state index contributed by atoms with van der Waals surface area (Å²) < 4.78 is 0. The van der Waals surface area contributed by atoms with Gasteiger partial charge in [-0.1, -0.05) is 27.7 Å². The van der Waals surface area contributed by atoms with Crippen LogP contribution < -0.4 is 5.32 Å². The van der Waals surface area contributed by atoms with Crippen LogP contribution in [0.5, 0.6) is 0 Å². The minimum atomic E-state index is -0.461. The summed E-state index contributed by atoms with van der Waals surface area (Å²) in [5.41, 5.74) is 0. The predicted molar refractivity (Wildman–Crippen MR) is 85.2 cm³/mol. The van der Waals surface area contributed by atoms with E-state index in [1.54, 1.807) is 0 Å². The van der Waals surface area contributed by atoms with Gasteiger partial charge in [0.05, 0.1) is 0 Å². The summed E-state index contributed by atoms with van der Waals surface area (Å²) in [5, 5.41) is 2.25. The van der Waals surface area contributed by atoms with Crippen LogP contribution in [-0.2, 0) is 9.59 Å². The van der Waals surface area contributed by atoms with Crippen LogP contribution in [0.4, 0.5) is 4.79 Å². The van der Waals surface area contributed by atoms with Gasteiger partial charge in [-0.05, 0) is 24.7 Å².